The Kier molecular flexibility index (Phi) is 5.76. The Bertz CT molecular complexity index is 1510. The van der Waals surface area contributed by atoms with Crippen molar-refractivity contribution in [3.63, 3.8) is 0 Å². The van der Waals surface area contributed by atoms with Crippen molar-refractivity contribution in [3.05, 3.63) is 112 Å². The number of halogens is 1. The van der Waals surface area contributed by atoms with Crippen LogP contribution in [0.3, 0.4) is 0 Å². The van der Waals surface area contributed by atoms with Crippen molar-refractivity contribution >= 4 is 39.9 Å². The molecular weight excluding hydrogens is 474 g/mol. The van der Waals surface area contributed by atoms with E-state index in [1.807, 2.05) is 42.5 Å². The van der Waals surface area contributed by atoms with Gasteiger partial charge in [-0.15, -0.1) is 0 Å². The van der Waals surface area contributed by atoms with E-state index in [-0.39, 0.29) is 16.7 Å². The highest BCUT2D eigenvalue weighted by molar-refractivity contribution is 6.32. The van der Waals surface area contributed by atoms with Gasteiger partial charge in [0.25, 0.3) is 5.91 Å². The molecule has 0 radical (unpaired) electrons. The minimum Gasteiger partial charge on any atom is -0.503 e. The third-order valence-corrected chi connectivity index (χ3v) is 7.10. The Morgan fingerprint density at radius 1 is 1.00 bits per heavy atom. The van der Waals surface area contributed by atoms with Crippen LogP contribution in [0, 0.1) is 6.92 Å². The first-order valence-electron chi connectivity index (χ1n) is 11.7. The van der Waals surface area contributed by atoms with Crippen molar-refractivity contribution < 1.29 is 19.1 Å². The van der Waals surface area contributed by atoms with Gasteiger partial charge < -0.3 is 9.52 Å². The van der Waals surface area contributed by atoms with Crippen LogP contribution in [0.4, 0.5) is 5.69 Å². The molecular formula is C30H26ClNO4. The van der Waals surface area contributed by atoms with Gasteiger partial charge in [-0.1, -0.05) is 80.9 Å². The number of para-hydroxylation sites is 1. The lowest BCUT2D eigenvalue weighted by atomic mass is 9.85. The summed E-state index contributed by atoms with van der Waals surface area (Å²) in [4.78, 5) is 28.7. The summed E-state index contributed by atoms with van der Waals surface area (Å²) in [6.07, 6.45) is 0. The highest BCUT2D eigenvalue weighted by Gasteiger charge is 2.46. The van der Waals surface area contributed by atoms with Crippen LogP contribution in [-0.4, -0.2) is 16.8 Å². The fourth-order valence-electron chi connectivity index (χ4n) is 4.65. The van der Waals surface area contributed by atoms with Crippen LogP contribution in [0.2, 0.25) is 5.02 Å². The summed E-state index contributed by atoms with van der Waals surface area (Å²) in [5.74, 6) is -1.73. The maximum atomic E-state index is 13.8. The van der Waals surface area contributed by atoms with Crippen LogP contribution in [0.25, 0.3) is 11.0 Å². The van der Waals surface area contributed by atoms with E-state index in [2.05, 4.69) is 20.8 Å². The van der Waals surface area contributed by atoms with Crippen molar-refractivity contribution in [2.24, 2.45) is 0 Å². The van der Waals surface area contributed by atoms with E-state index in [4.69, 9.17) is 16.0 Å². The van der Waals surface area contributed by atoms with Crippen LogP contribution in [0.5, 0.6) is 0 Å². The van der Waals surface area contributed by atoms with Gasteiger partial charge in [0.15, 0.2) is 11.5 Å². The number of fused-ring (bicyclic) bond motifs is 1. The maximum Gasteiger partial charge on any atom is 0.294 e. The molecule has 0 spiro atoms. The number of aliphatic hydroxyl groups excluding tert-OH is 1. The van der Waals surface area contributed by atoms with E-state index < -0.39 is 23.5 Å². The van der Waals surface area contributed by atoms with Crippen molar-refractivity contribution in [2.75, 3.05) is 4.90 Å². The molecule has 5 rings (SSSR count). The molecule has 4 aromatic rings. The van der Waals surface area contributed by atoms with Crippen LogP contribution in [0.1, 0.15) is 54.1 Å². The fourth-order valence-corrected chi connectivity index (χ4v) is 4.82. The summed E-state index contributed by atoms with van der Waals surface area (Å²) >= 11 is 6.39. The Hall–Kier alpha value is -3.83. The molecule has 2 heterocycles. The molecule has 182 valence electrons. The lowest BCUT2D eigenvalue weighted by Crippen LogP contribution is -2.31. The average molecular weight is 500 g/mol. The standard InChI is InChI=1S/C30H26ClNO4/c1-17-21(31)9-7-10-22(17)32-26(18-12-14-20(15-13-18)30(2,3)4)25(28(34)29(32)35)27(33)24-16-19-8-5-6-11-23(19)36-24/h5-16,26,34H,1-4H3. The third-order valence-electron chi connectivity index (χ3n) is 6.69. The van der Waals surface area contributed by atoms with Gasteiger partial charge >= 0.3 is 0 Å². The van der Waals surface area contributed by atoms with E-state index in [0.717, 1.165) is 10.9 Å². The molecule has 0 bridgehead atoms. The van der Waals surface area contributed by atoms with Crippen LogP contribution in [-0.2, 0) is 10.2 Å². The molecule has 0 saturated heterocycles. The third kappa shape index (κ3) is 3.90. The number of furan rings is 1. The first-order chi connectivity index (χ1) is 17.1. The molecule has 3 aromatic carbocycles. The van der Waals surface area contributed by atoms with E-state index in [9.17, 15) is 14.7 Å². The normalized spacial score (nSPS) is 16.3. The summed E-state index contributed by atoms with van der Waals surface area (Å²) in [7, 11) is 0. The van der Waals surface area contributed by atoms with Gasteiger partial charge in [-0.25, -0.2) is 0 Å². The van der Waals surface area contributed by atoms with Gasteiger partial charge in [-0.3, -0.25) is 14.5 Å². The molecule has 1 unspecified atom stereocenters. The fraction of sp³-hybridized carbons (Fsp3) is 0.200. The number of benzene rings is 3. The molecule has 0 fully saturated rings. The number of hydrogen-bond acceptors (Lipinski definition) is 4. The lowest BCUT2D eigenvalue weighted by molar-refractivity contribution is -0.117. The second kappa shape index (κ2) is 8.68. The summed E-state index contributed by atoms with van der Waals surface area (Å²) < 4.78 is 5.81. The summed E-state index contributed by atoms with van der Waals surface area (Å²) in [6, 6.07) is 21.1. The predicted molar refractivity (Wildman–Crippen MR) is 142 cm³/mol. The number of hydrogen-bond donors (Lipinski definition) is 1. The summed E-state index contributed by atoms with van der Waals surface area (Å²) in [6.45, 7) is 8.15. The predicted octanol–water partition coefficient (Wildman–Crippen LogP) is 7.48. The Balaban J connectivity index is 1.68. The van der Waals surface area contributed by atoms with Gasteiger partial charge in [0.2, 0.25) is 5.78 Å². The molecule has 1 aliphatic rings. The first kappa shape index (κ1) is 23.9. The molecule has 1 amide bonds. The quantitative estimate of drug-likeness (QED) is 0.295. The second-order valence-corrected chi connectivity index (χ2v) is 10.5. The number of carbonyl (C=O) groups excluding carboxylic acids is 2. The Morgan fingerprint density at radius 3 is 2.36 bits per heavy atom. The van der Waals surface area contributed by atoms with Crippen molar-refractivity contribution in [3.8, 4) is 0 Å². The zero-order chi connectivity index (χ0) is 25.8. The smallest absolute Gasteiger partial charge is 0.294 e. The van der Waals surface area contributed by atoms with Crippen molar-refractivity contribution in [2.45, 2.75) is 39.2 Å². The van der Waals surface area contributed by atoms with E-state index >= 15 is 0 Å². The number of rotatable bonds is 4. The number of anilines is 1. The topological polar surface area (TPSA) is 70.8 Å². The van der Waals surface area contributed by atoms with Crippen LogP contribution >= 0.6 is 11.6 Å². The SMILES string of the molecule is Cc1c(Cl)cccc1N1C(=O)C(O)=C(C(=O)c2cc3ccccc3o2)C1c1ccc(C(C)(C)C)cc1. The molecule has 0 aliphatic carbocycles. The lowest BCUT2D eigenvalue weighted by Gasteiger charge is -2.29. The van der Waals surface area contributed by atoms with Crippen molar-refractivity contribution in [1.82, 2.24) is 0 Å². The Morgan fingerprint density at radius 2 is 1.69 bits per heavy atom. The molecule has 6 heteroatoms. The molecule has 36 heavy (non-hydrogen) atoms. The maximum absolute atomic E-state index is 13.8. The van der Waals surface area contributed by atoms with Gasteiger partial charge in [-0.2, -0.15) is 0 Å². The van der Waals surface area contributed by atoms with Gasteiger partial charge in [0.05, 0.1) is 11.6 Å². The molecule has 1 atom stereocenters. The second-order valence-electron chi connectivity index (χ2n) is 10.1. The van der Waals surface area contributed by atoms with Gasteiger partial charge in [0.1, 0.15) is 5.58 Å². The zero-order valence-corrected chi connectivity index (χ0v) is 21.3. The van der Waals surface area contributed by atoms with Gasteiger partial charge in [-0.05, 0) is 53.3 Å². The molecule has 5 nitrogen and oxygen atoms in total. The monoisotopic (exact) mass is 499 g/mol. The van der Waals surface area contributed by atoms with Crippen LogP contribution < -0.4 is 4.90 Å². The molecule has 1 aromatic heterocycles. The highest BCUT2D eigenvalue weighted by Crippen LogP contribution is 2.44. The van der Waals surface area contributed by atoms with Gasteiger partial charge in [0, 0.05) is 16.1 Å². The van der Waals surface area contributed by atoms with Crippen molar-refractivity contribution in [1.29, 1.82) is 0 Å². The number of nitrogens with zero attached hydrogens (tertiary/aromatic N) is 1. The number of ketones is 1. The number of amides is 1. The first-order valence-corrected chi connectivity index (χ1v) is 12.1. The molecule has 1 N–H and O–H groups in total. The number of Topliss-reactive ketones (excluding diaryl/α,β-unsaturated/α-hetero) is 1. The molecule has 1 aliphatic heterocycles. The summed E-state index contributed by atoms with van der Waals surface area (Å²) in [5.41, 5.74) is 3.46. The van der Waals surface area contributed by atoms with Crippen LogP contribution in [0.15, 0.2) is 88.5 Å². The minimum absolute atomic E-state index is 0.0260. The largest absolute Gasteiger partial charge is 0.503 e. The average Bonchev–Trinajstić information content (AvgIpc) is 3.39. The highest BCUT2D eigenvalue weighted by atomic mass is 35.5. The minimum atomic E-state index is -0.857. The Labute approximate surface area is 214 Å². The number of carbonyl (C=O) groups is 2. The van der Waals surface area contributed by atoms with E-state index in [0.29, 0.717) is 27.4 Å². The molecule has 0 saturated carbocycles. The van der Waals surface area contributed by atoms with E-state index in [1.54, 1.807) is 37.3 Å². The zero-order valence-electron chi connectivity index (χ0n) is 20.5. The summed E-state index contributed by atoms with van der Waals surface area (Å²) in [5, 5.41) is 12.3. The van der Waals surface area contributed by atoms with E-state index in [1.165, 1.54) is 4.90 Å². The number of aliphatic hydroxyl groups is 1.